The number of carbonyl (C=O) groups is 3. The molecule has 1 amide bonds. The highest BCUT2D eigenvalue weighted by Crippen LogP contribution is 2.34. The number of aliphatic carboxylic acids is 2. The molecule has 0 saturated heterocycles. The van der Waals surface area contributed by atoms with Crippen molar-refractivity contribution < 1.29 is 47.2 Å². The minimum Gasteiger partial charge on any atom is -0.490 e. The fraction of sp³-hybridized carbons (Fsp3) is 0.273. The third-order valence-corrected chi connectivity index (χ3v) is 6.47. The number of nitrogen functional groups attached to an aromatic ring is 1. The molecule has 4 aromatic rings. The van der Waals surface area contributed by atoms with E-state index in [2.05, 4.69) is 15.6 Å². The van der Waals surface area contributed by atoms with Crippen LogP contribution in [0.25, 0.3) is 10.8 Å². The molecule has 0 aliphatic heterocycles. The van der Waals surface area contributed by atoms with Crippen molar-refractivity contribution >= 4 is 40.1 Å². The van der Waals surface area contributed by atoms with Gasteiger partial charge in [-0.1, -0.05) is 36.4 Å². The van der Waals surface area contributed by atoms with E-state index in [0.717, 1.165) is 10.8 Å². The molecule has 0 fully saturated rings. The lowest BCUT2D eigenvalue weighted by atomic mass is 10.0. The van der Waals surface area contributed by atoms with Crippen LogP contribution in [0.4, 0.5) is 24.7 Å². The molecule has 0 radical (unpaired) electrons. The van der Waals surface area contributed by atoms with E-state index in [1.54, 1.807) is 36.5 Å². The number of alkyl halides is 3. The highest BCUT2D eigenvalue weighted by Gasteiger charge is 2.38. The Morgan fingerprint density at radius 1 is 0.936 bits per heavy atom. The van der Waals surface area contributed by atoms with Gasteiger partial charge in [0.05, 0.1) is 25.2 Å². The zero-order chi connectivity index (χ0) is 34.7. The summed E-state index contributed by atoms with van der Waals surface area (Å²) in [4.78, 5) is 38.6. The summed E-state index contributed by atoms with van der Waals surface area (Å²) in [6.45, 7) is 6.14. The molecule has 0 aliphatic carbocycles. The van der Waals surface area contributed by atoms with Crippen molar-refractivity contribution in [2.45, 2.75) is 51.6 Å². The smallest absolute Gasteiger partial charge is 0.490 e. The van der Waals surface area contributed by atoms with Crippen molar-refractivity contribution in [3.8, 4) is 11.5 Å². The second-order valence-electron chi connectivity index (χ2n) is 10.4. The van der Waals surface area contributed by atoms with E-state index in [1.807, 2.05) is 63.2 Å². The molecule has 1 aromatic heterocycles. The highest BCUT2D eigenvalue weighted by atomic mass is 19.4. The van der Waals surface area contributed by atoms with Crippen LogP contribution in [-0.2, 0) is 14.4 Å². The number of anilines is 2. The number of carboxylic acid groups (broad SMARTS) is 2. The van der Waals surface area contributed by atoms with Gasteiger partial charge in [-0.15, -0.1) is 0 Å². The van der Waals surface area contributed by atoms with Gasteiger partial charge in [-0.2, -0.15) is 13.2 Å². The summed E-state index contributed by atoms with van der Waals surface area (Å²) in [5, 5.41) is 24.6. The van der Waals surface area contributed by atoms with Crippen molar-refractivity contribution in [2.75, 3.05) is 17.7 Å². The minimum absolute atomic E-state index is 0.0653. The van der Waals surface area contributed by atoms with E-state index in [9.17, 15) is 27.9 Å². The van der Waals surface area contributed by atoms with Crippen LogP contribution in [0.2, 0.25) is 0 Å². The van der Waals surface area contributed by atoms with Crippen LogP contribution in [-0.4, -0.2) is 51.9 Å². The van der Waals surface area contributed by atoms with E-state index < -0.39 is 36.1 Å². The van der Waals surface area contributed by atoms with Gasteiger partial charge in [-0.25, -0.2) is 9.78 Å². The number of amides is 1. The van der Waals surface area contributed by atoms with Crippen molar-refractivity contribution in [3.63, 3.8) is 0 Å². The van der Waals surface area contributed by atoms with Crippen LogP contribution in [0.3, 0.4) is 0 Å². The number of pyridine rings is 1. The van der Waals surface area contributed by atoms with E-state index >= 15 is 0 Å². The molecule has 2 atom stereocenters. The number of carbonyl (C=O) groups excluding carboxylic acids is 1. The van der Waals surface area contributed by atoms with E-state index in [4.69, 9.17) is 25.1 Å². The van der Waals surface area contributed by atoms with E-state index in [0.29, 0.717) is 40.7 Å². The number of halogens is 3. The average molecular weight is 657 g/mol. The predicted octanol–water partition coefficient (Wildman–Crippen LogP) is 6.12. The first-order valence-electron chi connectivity index (χ1n) is 14.4. The molecular weight excluding hydrogens is 621 g/mol. The summed E-state index contributed by atoms with van der Waals surface area (Å²) in [6.07, 6.45) is -3.79. The van der Waals surface area contributed by atoms with Gasteiger partial charge in [0.1, 0.15) is 11.9 Å². The van der Waals surface area contributed by atoms with Crippen molar-refractivity contribution in [3.05, 3.63) is 90.1 Å². The van der Waals surface area contributed by atoms with Gasteiger partial charge < -0.3 is 36.1 Å². The summed E-state index contributed by atoms with van der Waals surface area (Å²) in [6, 6.07) is 20.2. The highest BCUT2D eigenvalue weighted by molar-refractivity contribution is 5.94. The lowest BCUT2D eigenvalue weighted by molar-refractivity contribution is -0.192. The molecule has 250 valence electrons. The molecule has 1 unspecified atom stereocenters. The minimum atomic E-state index is -5.08. The number of hydrogen-bond donors (Lipinski definition) is 5. The molecule has 47 heavy (non-hydrogen) atoms. The van der Waals surface area contributed by atoms with Crippen molar-refractivity contribution in [1.29, 1.82) is 0 Å². The van der Waals surface area contributed by atoms with Gasteiger partial charge in [-0.05, 0) is 73.7 Å². The van der Waals surface area contributed by atoms with Gasteiger partial charge in [0.15, 0.2) is 11.5 Å². The number of fused-ring (bicyclic) bond motifs is 1. The van der Waals surface area contributed by atoms with Crippen molar-refractivity contribution in [2.24, 2.45) is 0 Å². The molecule has 0 aliphatic rings. The molecule has 4 rings (SSSR count). The topological polar surface area (TPSA) is 173 Å². The lowest BCUT2D eigenvalue weighted by Crippen LogP contribution is -2.37. The molecule has 14 heteroatoms. The van der Waals surface area contributed by atoms with Gasteiger partial charge >= 0.3 is 18.1 Å². The monoisotopic (exact) mass is 656 g/mol. The van der Waals surface area contributed by atoms with E-state index in [-0.39, 0.29) is 12.5 Å². The quantitative estimate of drug-likeness (QED) is 0.120. The van der Waals surface area contributed by atoms with Crippen LogP contribution < -0.4 is 25.8 Å². The largest absolute Gasteiger partial charge is 0.490 e. The first-order chi connectivity index (χ1) is 22.2. The normalized spacial score (nSPS) is 12.3. The average Bonchev–Trinajstić information content (AvgIpc) is 3.00. The number of aromatic nitrogens is 1. The Hall–Kier alpha value is -5.53. The number of hydrogen-bond acceptors (Lipinski definition) is 8. The summed E-state index contributed by atoms with van der Waals surface area (Å²) in [5.74, 6) is -2.68. The van der Waals surface area contributed by atoms with Crippen LogP contribution in [0.1, 0.15) is 50.4 Å². The standard InChI is InChI=1S/C31H34N4O5.C2HF3O2/c1-4-39-27-17-22(10-13-26(27)40-19(2)3)29(34-23-11-12-24-21(16-23)14-15-33-30(24)32)31(38)35-25(18-28(36)37)20-8-6-5-7-9-20;3-2(4,5)1(6)7/h5-17,19,25,29,34H,4,18H2,1-3H3,(H2,32,33)(H,35,38)(H,36,37);(H,6,7)/t25-,29?;/m0./s1. The lowest BCUT2D eigenvalue weighted by Gasteiger charge is -2.25. The molecule has 3 aromatic carbocycles. The van der Waals surface area contributed by atoms with Crippen LogP contribution in [0, 0.1) is 0 Å². The van der Waals surface area contributed by atoms with Crippen LogP contribution in [0.5, 0.6) is 11.5 Å². The van der Waals surface area contributed by atoms with Gasteiger partial charge in [-0.3, -0.25) is 9.59 Å². The summed E-state index contributed by atoms with van der Waals surface area (Å²) >= 11 is 0. The fourth-order valence-electron chi connectivity index (χ4n) is 4.45. The Morgan fingerprint density at radius 2 is 1.62 bits per heavy atom. The molecule has 1 heterocycles. The second-order valence-corrected chi connectivity index (χ2v) is 10.4. The third-order valence-electron chi connectivity index (χ3n) is 6.47. The van der Waals surface area contributed by atoms with E-state index in [1.165, 1.54) is 0 Å². The number of carboxylic acids is 2. The Labute approximate surface area is 268 Å². The zero-order valence-corrected chi connectivity index (χ0v) is 25.7. The Bertz CT molecular complexity index is 1680. The number of benzene rings is 3. The predicted molar refractivity (Wildman–Crippen MR) is 169 cm³/mol. The maximum atomic E-state index is 13.9. The zero-order valence-electron chi connectivity index (χ0n) is 25.7. The molecule has 0 saturated carbocycles. The number of nitrogens with one attached hydrogen (secondary N) is 2. The number of nitrogens with two attached hydrogens (primary N) is 1. The van der Waals surface area contributed by atoms with Crippen LogP contribution in [0.15, 0.2) is 79.0 Å². The van der Waals surface area contributed by atoms with Gasteiger partial charge in [0.2, 0.25) is 5.91 Å². The van der Waals surface area contributed by atoms with Crippen molar-refractivity contribution in [1.82, 2.24) is 10.3 Å². The summed E-state index contributed by atoms with van der Waals surface area (Å²) in [5.41, 5.74) is 8.01. The number of ether oxygens (including phenoxy) is 2. The summed E-state index contributed by atoms with van der Waals surface area (Å²) in [7, 11) is 0. The summed E-state index contributed by atoms with van der Waals surface area (Å²) < 4.78 is 43.5. The van der Waals surface area contributed by atoms with Gasteiger partial charge in [0, 0.05) is 17.3 Å². The molecular formula is C33H35F3N4O7. The molecule has 0 bridgehead atoms. The Kier molecular flexibility index (Phi) is 12.4. The maximum absolute atomic E-state index is 13.9. The first kappa shape index (κ1) is 35.9. The first-order valence-corrected chi connectivity index (χ1v) is 14.4. The second kappa shape index (κ2) is 16.2. The van der Waals surface area contributed by atoms with Gasteiger partial charge in [0.25, 0.3) is 0 Å². The third kappa shape index (κ3) is 10.5. The fourth-order valence-corrected chi connectivity index (χ4v) is 4.45. The molecule has 6 N–H and O–H groups in total. The number of rotatable bonds is 12. The number of nitrogens with zero attached hydrogens (tertiary/aromatic N) is 1. The molecule has 11 nitrogen and oxygen atoms in total. The SMILES string of the molecule is CCOc1cc(C(Nc2ccc3c(N)nccc3c2)C(=O)N[C@@H](CC(=O)O)c2ccccc2)ccc1OC(C)C.O=C(O)C(F)(F)F. The molecule has 0 spiro atoms. The van der Waals surface area contributed by atoms with Crippen LogP contribution >= 0.6 is 0 Å². The Balaban J connectivity index is 0.000000771. The maximum Gasteiger partial charge on any atom is 0.490 e. The Morgan fingerprint density at radius 3 is 2.21 bits per heavy atom.